The van der Waals surface area contributed by atoms with Crippen molar-refractivity contribution in [3.63, 3.8) is 0 Å². The first-order valence-corrected chi connectivity index (χ1v) is 5.14. The minimum Gasteiger partial charge on any atom is -0.390 e. The van der Waals surface area contributed by atoms with Gasteiger partial charge in [0, 0.05) is 13.1 Å². The lowest BCUT2D eigenvalue weighted by Gasteiger charge is -2.28. The highest BCUT2D eigenvalue weighted by Crippen LogP contribution is 2.19. The summed E-state index contributed by atoms with van der Waals surface area (Å²) in [4.78, 5) is 2.42. The van der Waals surface area contributed by atoms with E-state index < -0.39 is 5.60 Å². The van der Waals surface area contributed by atoms with E-state index in [9.17, 15) is 5.11 Å². The van der Waals surface area contributed by atoms with Crippen LogP contribution in [0.5, 0.6) is 0 Å². The lowest BCUT2D eigenvalue weighted by atomic mass is 9.96. The summed E-state index contributed by atoms with van der Waals surface area (Å²) in [5.41, 5.74) is 0.836. The van der Waals surface area contributed by atoms with E-state index in [2.05, 4.69) is 17.9 Å². The Labute approximate surface area is 81.2 Å². The highest BCUT2D eigenvalue weighted by Gasteiger charge is 2.18. The topological polar surface area (TPSA) is 23.5 Å². The van der Waals surface area contributed by atoms with Crippen LogP contribution in [-0.2, 0) is 0 Å². The summed E-state index contributed by atoms with van der Waals surface area (Å²) in [6, 6.07) is 0. The van der Waals surface area contributed by atoms with Crippen LogP contribution in [0.15, 0.2) is 11.6 Å². The van der Waals surface area contributed by atoms with Crippen LogP contribution in [0.2, 0.25) is 0 Å². The van der Waals surface area contributed by atoms with Gasteiger partial charge in [-0.15, -0.1) is 0 Å². The van der Waals surface area contributed by atoms with Crippen molar-refractivity contribution in [2.45, 2.75) is 39.2 Å². The van der Waals surface area contributed by atoms with E-state index >= 15 is 0 Å². The highest BCUT2D eigenvalue weighted by molar-refractivity contribution is 5.10. The quantitative estimate of drug-likeness (QED) is 0.674. The van der Waals surface area contributed by atoms with Crippen LogP contribution in [0.25, 0.3) is 0 Å². The zero-order chi connectivity index (χ0) is 9.90. The molecule has 0 unspecified atom stereocenters. The van der Waals surface area contributed by atoms with E-state index in [4.69, 9.17) is 0 Å². The molecular formula is C11H21NO. The van der Waals surface area contributed by atoms with Crippen molar-refractivity contribution >= 4 is 0 Å². The van der Waals surface area contributed by atoms with Gasteiger partial charge < -0.3 is 5.11 Å². The van der Waals surface area contributed by atoms with Crippen molar-refractivity contribution in [3.8, 4) is 0 Å². The van der Waals surface area contributed by atoms with Gasteiger partial charge in [-0.3, -0.25) is 4.90 Å². The predicted octanol–water partition coefficient (Wildman–Crippen LogP) is 1.80. The van der Waals surface area contributed by atoms with Gasteiger partial charge in [0.15, 0.2) is 0 Å². The lowest BCUT2D eigenvalue weighted by molar-refractivity contribution is 0.0779. The Morgan fingerprint density at radius 3 is 2.77 bits per heavy atom. The molecule has 0 saturated carbocycles. The Morgan fingerprint density at radius 2 is 2.23 bits per heavy atom. The van der Waals surface area contributed by atoms with Crippen LogP contribution in [0.3, 0.4) is 0 Å². The van der Waals surface area contributed by atoms with Gasteiger partial charge in [0.2, 0.25) is 0 Å². The average Bonchev–Trinajstić information content (AvgIpc) is 2.01. The fourth-order valence-corrected chi connectivity index (χ4v) is 1.84. The van der Waals surface area contributed by atoms with Crippen molar-refractivity contribution in [1.29, 1.82) is 0 Å². The van der Waals surface area contributed by atoms with Crippen LogP contribution in [0, 0.1) is 0 Å². The van der Waals surface area contributed by atoms with Gasteiger partial charge in [-0.25, -0.2) is 0 Å². The van der Waals surface area contributed by atoms with E-state index in [1.165, 1.54) is 12.1 Å². The molecule has 1 aliphatic rings. The molecule has 76 valence electrons. The summed E-state index contributed by atoms with van der Waals surface area (Å²) in [7, 11) is 0. The predicted molar refractivity (Wildman–Crippen MR) is 55.7 cm³/mol. The number of hydrogen-bond acceptors (Lipinski definition) is 2. The van der Waals surface area contributed by atoms with Gasteiger partial charge in [-0.05, 0) is 33.2 Å². The maximum atomic E-state index is 9.67. The molecule has 0 aromatic heterocycles. The standard InChI is InChI=1S/C11H21NO/c1-4-12-7-5-6-10(9-12)8-11(2,3)13/h6,13H,4-5,7-9H2,1-3H3. The van der Waals surface area contributed by atoms with Gasteiger partial charge >= 0.3 is 0 Å². The van der Waals surface area contributed by atoms with Gasteiger partial charge in [0.1, 0.15) is 0 Å². The molecule has 0 spiro atoms. The van der Waals surface area contributed by atoms with Gasteiger partial charge in [0.25, 0.3) is 0 Å². The van der Waals surface area contributed by atoms with E-state index in [0.29, 0.717) is 0 Å². The molecule has 2 heteroatoms. The normalized spacial score (nSPS) is 20.2. The van der Waals surface area contributed by atoms with E-state index in [0.717, 1.165) is 25.9 Å². The maximum absolute atomic E-state index is 9.67. The Balaban J connectivity index is 2.47. The van der Waals surface area contributed by atoms with Crippen LogP contribution >= 0.6 is 0 Å². The SMILES string of the molecule is CCN1CCC=C(CC(C)(C)O)C1. The third kappa shape index (κ3) is 3.92. The average molecular weight is 183 g/mol. The molecule has 0 fully saturated rings. The summed E-state index contributed by atoms with van der Waals surface area (Å²) in [6.45, 7) is 9.26. The smallest absolute Gasteiger partial charge is 0.0629 e. The molecule has 0 atom stereocenters. The second-order valence-corrected chi connectivity index (χ2v) is 4.51. The molecular weight excluding hydrogens is 162 g/mol. The zero-order valence-corrected chi connectivity index (χ0v) is 9.01. The second-order valence-electron chi connectivity index (χ2n) is 4.51. The highest BCUT2D eigenvalue weighted by atomic mass is 16.3. The summed E-state index contributed by atoms with van der Waals surface area (Å²) >= 11 is 0. The largest absolute Gasteiger partial charge is 0.390 e. The first-order chi connectivity index (χ1) is 6.01. The van der Waals surface area contributed by atoms with Crippen molar-refractivity contribution in [2.75, 3.05) is 19.6 Å². The van der Waals surface area contributed by atoms with Crippen molar-refractivity contribution < 1.29 is 5.11 Å². The zero-order valence-electron chi connectivity index (χ0n) is 9.01. The molecule has 0 amide bonds. The van der Waals surface area contributed by atoms with Gasteiger partial charge in [-0.2, -0.15) is 0 Å². The number of hydrogen-bond donors (Lipinski definition) is 1. The number of aliphatic hydroxyl groups is 1. The molecule has 0 aromatic carbocycles. The monoisotopic (exact) mass is 183 g/mol. The molecule has 1 aliphatic heterocycles. The van der Waals surface area contributed by atoms with Crippen LogP contribution in [0.4, 0.5) is 0 Å². The number of rotatable bonds is 3. The molecule has 0 aliphatic carbocycles. The summed E-state index contributed by atoms with van der Waals surface area (Å²) in [6.07, 6.45) is 4.23. The molecule has 1 N–H and O–H groups in total. The Morgan fingerprint density at radius 1 is 1.54 bits per heavy atom. The Bertz CT molecular complexity index is 191. The van der Waals surface area contributed by atoms with Gasteiger partial charge in [-0.1, -0.05) is 18.6 Å². The first-order valence-electron chi connectivity index (χ1n) is 5.14. The Hall–Kier alpha value is -0.340. The van der Waals surface area contributed by atoms with Crippen molar-refractivity contribution in [3.05, 3.63) is 11.6 Å². The van der Waals surface area contributed by atoms with E-state index in [1.54, 1.807) is 0 Å². The van der Waals surface area contributed by atoms with E-state index in [-0.39, 0.29) is 0 Å². The molecule has 1 rings (SSSR count). The lowest BCUT2D eigenvalue weighted by Crippen LogP contribution is -2.32. The molecule has 0 bridgehead atoms. The molecule has 13 heavy (non-hydrogen) atoms. The van der Waals surface area contributed by atoms with Gasteiger partial charge in [0.05, 0.1) is 5.60 Å². The van der Waals surface area contributed by atoms with Crippen molar-refractivity contribution in [2.24, 2.45) is 0 Å². The van der Waals surface area contributed by atoms with E-state index in [1.807, 2.05) is 13.8 Å². The summed E-state index contributed by atoms with van der Waals surface area (Å²) in [5.74, 6) is 0. The minimum atomic E-state index is -0.553. The fourth-order valence-electron chi connectivity index (χ4n) is 1.84. The minimum absolute atomic E-state index is 0.553. The third-order valence-electron chi connectivity index (χ3n) is 2.41. The Kier molecular flexibility index (Phi) is 3.51. The third-order valence-corrected chi connectivity index (χ3v) is 2.41. The second kappa shape index (κ2) is 4.25. The number of nitrogens with zero attached hydrogens (tertiary/aromatic N) is 1. The first kappa shape index (κ1) is 10.7. The number of likely N-dealkylation sites (N-methyl/N-ethyl adjacent to an activating group) is 1. The molecule has 0 aromatic rings. The van der Waals surface area contributed by atoms with Crippen LogP contribution in [0.1, 0.15) is 33.6 Å². The summed E-state index contributed by atoms with van der Waals surface area (Å²) < 4.78 is 0. The molecule has 2 nitrogen and oxygen atoms in total. The molecule has 1 heterocycles. The summed E-state index contributed by atoms with van der Waals surface area (Å²) in [5, 5.41) is 9.67. The maximum Gasteiger partial charge on any atom is 0.0629 e. The molecule has 0 saturated heterocycles. The molecule has 0 radical (unpaired) electrons. The fraction of sp³-hybridized carbons (Fsp3) is 0.818. The van der Waals surface area contributed by atoms with Crippen LogP contribution < -0.4 is 0 Å². The van der Waals surface area contributed by atoms with Crippen molar-refractivity contribution in [1.82, 2.24) is 4.90 Å². The van der Waals surface area contributed by atoms with Crippen LogP contribution in [-0.4, -0.2) is 35.2 Å².